The van der Waals surface area contributed by atoms with E-state index in [1.807, 2.05) is 112 Å². The number of hydrogen-bond acceptors (Lipinski definition) is 13. The number of likely N-dealkylation sites (tertiary alicyclic amines) is 1. The molecule has 93 heavy (non-hydrogen) atoms. The van der Waals surface area contributed by atoms with E-state index < -0.39 is 21.8 Å². The quantitative estimate of drug-likeness (QED) is 0.0487. The monoisotopic (exact) mass is 1320 g/mol. The highest BCUT2D eigenvalue weighted by Gasteiger charge is 2.46. The number of rotatable bonds is 20. The van der Waals surface area contributed by atoms with Gasteiger partial charge in [0.25, 0.3) is 0 Å². The van der Waals surface area contributed by atoms with Crippen LogP contribution in [0.5, 0.6) is 0 Å². The van der Waals surface area contributed by atoms with Crippen LogP contribution in [0.3, 0.4) is 0 Å². The number of nitrogens with one attached hydrogen (secondary N) is 5. The van der Waals surface area contributed by atoms with E-state index in [0.29, 0.717) is 81.6 Å². The van der Waals surface area contributed by atoms with Gasteiger partial charge < -0.3 is 66.0 Å². The number of piperidine rings is 2. The number of carbonyl (C=O) groups is 6. The minimum Gasteiger partial charge on any atom is -0.481 e. The van der Waals surface area contributed by atoms with Crippen LogP contribution < -0.4 is 26.6 Å². The van der Waals surface area contributed by atoms with Gasteiger partial charge in [-0.15, -0.1) is 23.5 Å². The van der Waals surface area contributed by atoms with Crippen molar-refractivity contribution in [2.24, 2.45) is 10.8 Å². The van der Waals surface area contributed by atoms with Gasteiger partial charge in [-0.2, -0.15) is 0 Å². The molecule has 6 heterocycles. The van der Waals surface area contributed by atoms with E-state index in [2.05, 4.69) is 74.2 Å². The Morgan fingerprint density at radius 3 is 1.42 bits per heavy atom. The second-order valence-corrected chi connectivity index (χ2v) is 30.5. The van der Waals surface area contributed by atoms with Crippen LogP contribution in [0.15, 0.2) is 84.9 Å². The summed E-state index contributed by atoms with van der Waals surface area (Å²) < 4.78 is 29.8. The van der Waals surface area contributed by atoms with Crippen LogP contribution in [0, 0.1) is 22.5 Å². The van der Waals surface area contributed by atoms with E-state index >= 15 is 4.39 Å². The van der Waals surface area contributed by atoms with E-state index in [1.165, 1.54) is 41.2 Å². The van der Waals surface area contributed by atoms with Gasteiger partial charge in [-0.25, -0.2) is 18.4 Å². The van der Waals surface area contributed by atoms with Gasteiger partial charge in [0, 0.05) is 106 Å². The highest BCUT2D eigenvalue weighted by atomic mass is 32.2. The Morgan fingerprint density at radius 2 is 1.00 bits per heavy atom. The number of amides is 7. The number of likely N-dealkylation sites (N-methyl/N-ethyl adjacent to an activating group) is 2. The molecule has 0 radical (unpaired) electrons. The largest absolute Gasteiger partial charge is 0.481 e. The number of carboxylic acid groups (broad SMARTS) is 1. The van der Waals surface area contributed by atoms with Crippen molar-refractivity contribution in [3.05, 3.63) is 119 Å². The van der Waals surface area contributed by atoms with Crippen molar-refractivity contribution >= 4 is 82.0 Å². The number of thioether (sulfide) groups is 2. The molecule has 2 unspecified atom stereocenters. The first-order valence-electron chi connectivity index (χ1n) is 33.0. The van der Waals surface area contributed by atoms with Gasteiger partial charge in [-0.3, -0.25) is 19.2 Å². The summed E-state index contributed by atoms with van der Waals surface area (Å²) in [7, 11) is 7.83. The van der Waals surface area contributed by atoms with Crippen LogP contribution >= 0.6 is 23.5 Å². The van der Waals surface area contributed by atoms with Gasteiger partial charge in [-0.1, -0.05) is 102 Å². The normalized spacial score (nSPS) is 20.6. The van der Waals surface area contributed by atoms with Crippen molar-refractivity contribution in [1.82, 2.24) is 39.6 Å². The summed E-state index contributed by atoms with van der Waals surface area (Å²) in [6.07, 6.45) is 6.69. The molecule has 0 aliphatic carbocycles. The lowest BCUT2D eigenvalue weighted by molar-refractivity contribution is -0.140. The highest BCUT2D eigenvalue weighted by molar-refractivity contribution is 8.01. The van der Waals surface area contributed by atoms with Crippen LogP contribution in [0.4, 0.5) is 41.1 Å². The Balaban J connectivity index is 0.000000200. The van der Waals surface area contributed by atoms with Crippen molar-refractivity contribution in [2.75, 3.05) is 128 Å². The molecule has 4 aromatic rings. The number of nitrogens with zero attached hydrogens (tertiary/aromatic N) is 7. The Hall–Kier alpha value is -6.66. The average molecular weight is 1320 g/mol. The average Bonchev–Trinajstić information content (AvgIpc) is 1.69. The predicted octanol–water partition coefficient (Wildman–Crippen LogP) is 11.1. The summed E-state index contributed by atoms with van der Waals surface area (Å²) in [5, 5.41) is 23.1. The molecule has 0 aromatic heterocycles. The molecule has 0 spiro atoms. The minimum atomic E-state index is -1.00. The molecule has 4 aromatic carbocycles. The third kappa shape index (κ3) is 20.2. The minimum absolute atomic E-state index is 0.00946. The number of anilines is 4. The summed E-state index contributed by atoms with van der Waals surface area (Å²) >= 11 is 2.76. The molecule has 6 aliphatic heterocycles. The molecular formula is C70H100F2N12O7S2. The topological polar surface area (TPSA) is 205 Å². The van der Waals surface area contributed by atoms with Gasteiger partial charge in [0.15, 0.2) is 0 Å². The van der Waals surface area contributed by atoms with Crippen molar-refractivity contribution in [1.29, 1.82) is 0 Å². The van der Waals surface area contributed by atoms with Crippen molar-refractivity contribution in [3.63, 3.8) is 0 Å². The number of carboxylic acids is 1. The fourth-order valence-corrected chi connectivity index (χ4v) is 15.4. The van der Waals surface area contributed by atoms with Crippen molar-refractivity contribution in [2.45, 2.75) is 139 Å². The number of benzene rings is 4. The smallest absolute Gasteiger partial charge is 0.322 e. The summed E-state index contributed by atoms with van der Waals surface area (Å²) in [5.41, 5.74) is 6.47. The lowest BCUT2D eigenvalue weighted by atomic mass is 9.92. The van der Waals surface area contributed by atoms with E-state index in [9.17, 15) is 38.3 Å². The number of para-hydroxylation sites is 4. The molecule has 10 rings (SSSR count). The highest BCUT2D eigenvalue weighted by Crippen LogP contribution is 2.49. The predicted molar refractivity (Wildman–Crippen MR) is 371 cm³/mol. The molecule has 4 saturated heterocycles. The van der Waals surface area contributed by atoms with Crippen molar-refractivity contribution in [3.8, 4) is 0 Å². The van der Waals surface area contributed by atoms with Crippen molar-refractivity contribution < 1.29 is 42.7 Å². The molecule has 0 saturated carbocycles. The Labute approximate surface area is 558 Å². The van der Waals surface area contributed by atoms with Gasteiger partial charge >= 0.3 is 18.0 Å². The molecule has 19 nitrogen and oxygen atoms in total. The molecule has 4 atom stereocenters. The zero-order valence-corrected chi connectivity index (χ0v) is 57.8. The van der Waals surface area contributed by atoms with Crippen LogP contribution in [0.1, 0.15) is 126 Å². The molecule has 4 fully saturated rings. The Morgan fingerprint density at radius 1 is 0.581 bits per heavy atom. The fraction of sp³-hybridized carbons (Fsp3) is 0.571. The second kappa shape index (κ2) is 33.1. The number of urea groups is 2. The van der Waals surface area contributed by atoms with E-state index in [-0.39, 0.29) is 76.5 Å². The molecular weight excluding hydrogens is 1220 g/mol. The maximum absolute atomic E-state index is 15.2. The van der Waals surface area contributed by atoms with Crippen LogP contribution in [0.2, 0.25) is 0 Å². The lowest BCUT2D eigenvalue weighted by Gasteiger charge is -2.38. The zero-order chi connectivity index (χ0) is 67.1. The van der Waals surface area contributed by atoms with E-state index in [1.54, 1.807) is 17.0 Å². The summed E-state index contributed by atoms with van der Waals surface area (Å²) in [4.78, 5) is 90.4. The summed E-state index contributed by atoms with van der Waals surface area (Å²) in [6, 6.07) is 26.3. The number of halogens is 2. The molecule has 23 heteroatoms. The third-order valence-corrected chi connectivity index (χ3v) is 20.8. The molecule has 6 aliphatic rings. The molecule has 508 valence electrons. The maximum Gasteiger partial charge on any atom is 0.322 e. The molecule has 0 bridgehead atoms. The summed E-state index contributed by atoms with van der Waals surface area (Å²) in [5.74, 6) is -2.01. The third-order valence-electron chi connectivity index (χ3n) is 17.8. The lowest BCUT2D eigenvalue weighted by Crippen LogP contribution is -2.50. The Kier molecular flexibility index (Phi) is 25.7. The number of fused-ring (bicyclic) bond motifs is 2. The first kappa shape index (κ1) is 72.2. The first-order valence-corrected chi connectivity index (χ1v) is 34.9. The van der Waals surface area contributed by atoms with Crippen LogP contribution in [-0.2, 0) is 32.0 Å². The zero-order valence-electron chi connectivity index (χ0n) is 56.2. The van der Waals surface area contributed by atoms with Gasteiger partial charge in [-0.05, 0) is 139 Å². The van der Waals surface area contributed by atoms with Gasteiger partial charge in [0.1, 0.15) is 22.4 Å². The standard InChI is InChI=1S/C35H49FN6O3S.C21H32FN3O3S.C14H19N3O/c1-35(2,3)16-21-42-32(44)29(46-33(42)26-10-8-11-27(36)31(26)37-17-22-39(4)5)23-30(43)40-18-14-25(15-19-40)41-20-13-24-9-6-7-12-28(24)38-34(41)45;1-21(2,3)9-11-25-19(28)16(13-17(26)27)29-20(25)14-7-6-8-15(22)18(14)23-10-12-24(4)5;18-14-16-13-4-2-1-3-11(13)7-10-17(14)12-5-8-15-9-6-12/h6-12,25,29,33,37H,13-23H2,1-5H3,(H,38,45);6-8,16,20,23H,9-13H2,1-5H3,(H,26,27);1-4,12,15H,5-10H2,(H,16,18)/t29-,33?;16-,20?;/m00./s1. The fourth-order valence-electron chi connectivity index (χ4n) is 12.4. The van der Waals surface area contributed by atoms with Crippen LogP contribution in [0.25, 0.3) is 0 Å². The second-order valence-electron chi connectivity index (χ2n) is 28.0. The van der Waals surface area contributed by atoms with Crippen LogP contribution in [-0.4, -0.2) is 204 Å². The van der Waals surface area contributed by atoms with Gasteiger partial charge in [0.05, 0.1) is 28.3 Å². The SMILES string of the molecule is CN(C)CCNc1c(F)cccc1C1S[C@@H](CC(=O)N2CCC(N3CCc4ccccc4NC3=O)CC2)C(=O)N1CCC(C)(C)C.CN(C)CCNc1c(F)cccc1C1S[C@@H](CC(=O)O)C(=O)N1CCC(C)(C)C.O=C1Nc2ccccc2CCN1C1CCNCC1. The number of hydrogen-bond donors (Lipinski definition) is 6. The van der Waals surface area contributed by atoms with E-state index in [0.717, 1.165) is 93.8 Å². The number of carbonyl (C=O) groups excluding carboxylic acids is 5. The molecule has 7 amide bonds. The van der Waals surface area contributed by atoms with E-state index in [4.69, 9.17) is 0 Å². The molecule has 6 N–H and O–H groups in total. The maximum atomic E-state index is 15.2. The Bertz CT molecular complexity index is 3210. The number of aliphatic carboxylic acids is 1. The summed E-state index contributed by atoms with van der Waals surface area (Å²) in [6.45, 7) is 21.0. The first-order chi connectivity index (χ1) is 44.2. The van der Waals surface area contributed by atoms with Gasteiger partial charge in [0.2, 0.25) is 17.7 Å².